The van der Waals surface area contributed by atoms with Crippen molar-refractivity contribution < 1.29 is 24.9 Å². The molecule has 0 rings (SSSR count). The molecule has 156 valence electrons. The van der Waals surface area contributed by atoms with Gasteiger partial charge in [0.05, 0.1) is 25.7 Å². The largest absolute Gasteiger partial charge is 0.481 e. The summed E-state index contributed by atoms with van der Waals surface area (Å²) in [6.07, 6.45) is 16.0. The third-order valence-corrected chi connectivity index (χ3v) is 4.77. The highest BCUT2D eigenvalue weighted by atomic mass is 16.5. The first-order chi connectivity index (χ1) is 12.6. The minimum atomic E-state index is -0.932. The fraction of sp³-hybridized carbons (Fsp3) is 0.952. The molecule has 0 saturated carbocycles. The second-order valence-corrected chi connectivity index (χ2v) is 7.42. The van der Waals surface area contributed by atoms with Crippen LogP contribution in [0.1, 0.15) is 103 Å². The molecular formula is C21H42O5. The summed E-state index contributed by atoms with van der Waals surface area (Å²) in [5.74, 6) is -0.886. The molecule has 2 atom stereocenters. The molecule has 26 heavy (non-hydrogen) atoms. The van der Waals surface area contributed by atoms with Crippen molar-refractivity contribution in [3.63, 3.8) is 0 Å². The Labute approximate surface area is 160 Å². The van der Waals surface area contributed by atoms with Crippen LogP contribution in [0.15, 0.2) is 0 Å². The number of ether oxygens (including phenoxy) is 1. The number of carboxylic acid groups (broad SMARTS) is 1. The van der Waals surface area contributed by atoms with Crippen LogP contribution in [0.25, 0.3) is 0 Å². The van der Waals surface area contributed by atoms with Crippen molar-refractivity contribution in [2.45, 2.75) is 115 Å². The highest BCUT2D eigenvalue weighted by Gasteiger charge is 2.15. The van der Waals surface area contributed by atoms with Crippen molar-refractivity contribution in [1.82, 2.24) is 0 Å². The highest BCUT2D eigenvalue weighted by Crippen LogP contribution is 2.15. The smallest absolute Gasteiger partial charge is 0.305 e. The molecule has 0 saturated heterocycles. The SMILES string of the molecule is CCCCCCCCCCCCCCCC(CC(=O)O)OCC(O)CO. The Hall–Kier alpha value is -0.650. The lowest BCUT2D eigenvalue weighted by Crippen LogP contribution is -2.26. The summed E-state index contributed by atoms with van der Waals surface area (Å²) in [5.41, 5.74) is 0. The summed E-state index contributed by atoms with van der Waals surface area (Å²) < 4.78 is 5.42. The van der Waals surface area contributed by atoms with E-state index in [0.29, 0.717) is 6.42 Å². The van der Waals surface area contributed by atoms with Gasteiger partial charge in [-0.25, -0.2) is 0 Å². The van der Waals surface area contributed by atoms with Crippen LogP contribution in [0.2, 0.25) is 0 Å². The van der Waals surface area contributed by atoms with Crippen LogP contribution in [0.5, 0.6) is 0 Å². The fourth-order valence-corrected chi connectivity index (χ4v) is 3.13. The molecule has 0 aliphatic rings. The van der Waals surface area contributed by atoms with Gasteiger partial charge in [0.1, 0.15) is 6.10 Å². The van der Waals surface area contributed by atoms with Gasteiger partial charge in [-0.15, -0.1) is 0 Å². The van der Waals surface area contributed by atoms with Gasteiger partial charge in [0.25, 0.3) is 0 Å². The zero-order valence-corrected chi connectivity index (χ0v) is 16.8. The molecule has 0 bridgehead atoms. The molecule has 0 spiro atoms. The molecule has 0 aromatic carbocycles. The van der Waals surface area contributed by atoms with Crippen molar-refractivity contribution in [1.29, 1.82) is 0 Å². The standard InChI is InChI=1S/C21H42O5/c1-2-3-4-5-6-7-8-9-10-11-12-13-14-15-20(16-21(24)25)26-18-19(23)17-22/h19-20,22-23H,2-18H2,1H3,(H,24,25). The van der Waals surface area contributed by atoms with Crippen LogP contribution in [-0.2, 0) is 9.53 Å². The van der Waals surface area contributed by atoms with Crippen LogP contribution in [0.4, 0.5) is 0 Å². The van der Waals surface area contributed by atoms with E-state index in [1.807, 2.05) is 0 Å². The normalized spacial score (nSPS) is 13.7. The van der Waals surface area contributed by atoms with E-state index < -0.39 is 12.1 Å². The lowest BCUT2D eigenvalue weighted by molar-refractivity contribution is -0.141. The molecule has 0 aliphatic heterocycles. The Morgan fingerprint density at radius 2 is 1.31 bits per heavy atom. The van der Waals surface area contributed by atoms with Gasteiger partial charge in [-0.2, -0.15) is 0 Å². The van der Waals surface area contributed by atoms with E-state index >= 15 is 0 Å². The molecule has 2 unspecified atom stereocenters. The maximum absolute atomic E-state index is 10.9. The monoisotopic (exact) mass is 374 g/mol. The van der Waals surface area contributed by atoms with Crippen LogP contribution >= 0.6 is 0 Å². The molecule has 5 heteroatoms. The summed E-state index contributed by atoms with van der Waals surface area (Å²) in [7, 11) is 0. The minimum absolute atomic E-state index is 0.00705. The Balaban J connectivity index is 3.49. The predicted molar refractivity (Wildman–Crippen MR) is 105 cm³/mol. The van der Waals surface area contributed by atoms with Crippen LogP contribution in [0.3, 0.4) is 0 Å². The Morgan fingerprint density at radius 1 is 0.846 bits per heavy atom. The van der Waals surface area contributed by atoms with Crippen molar-refractivity contribution in [3.8, 4) is 0 Å². The molecule has 5 nitrogen and oxygen atoms in total. The zero-order chi connectivity index (χ0) is 19.5. The number of unbranched alkanes of at least 4 members (excludes halogenated alkanes) is 12. The molecule has 0 aliphatic carbocycles. The zero-order valence-electron chi connectivity index (χ0n) is 16.8. The lowest BCUT2D eigenvalue weighted by Gasteiger charge is -2.17. The molecule has 0 aromatic rings. The summed E-state index contributed by atoms with van der Waals surface area (Å²) in [6, 6.07) is 0. The van der Waals surface area contributed by atoms with Crippen molar-refractivity contribution >= 4 is 5.97 Å². The Morgan fingerprint density at radius 3 is 1.73 bits per heavy atom. The lowest BCUT2D eigenvalue weighted by atomic mass is 10.0. The molecule has 0 heterocycles. The molecule has 3 N–H and O–H groups in total. The van der Waals surface area contributed by atoms with E-state index in [1.54, 1.807) is 0 Å². The summed E-state index contributed by atoms with van der Waals surface area (Å²) in [4.78, 5) is 10.9. The van der Waals surface area contributed by atoms with Crippen molar-refractivity contribution in [2.24, 2.45) is 0 Å². The first kappa shape index (κ1) is 25.4. The molecule has 0 fully saturated rings. The fourth-order valence-electron chi connectivity index (χ4n) is 3.13. The predicted octanol–water partition coefficient (Wildman–Crippen LogP) is 4.68. The van der Waals surface area contributed by atoms with Gasteiger partial charge in [0.15, 0.2) is 0 Å². The number of hydrogen-bond acceptors (Lipinski definition) is 4. The van der Waals surface area contributed by atoms with E-state index in [1.165, 1.54) is 70.6 Å². The quantitative estimate of drug-likeness (QED) is 0.269. The number of aliphatic hydroxyl groups excluding tert-OH is 2. The van der Waals surface area contributed by atoms with Crippen LogP contribution in [-0.4, -0.2) is 46.7 Å². The third kappa shape index (κ3) is 18.2. The van der Waals surface area contributed by atoms with Gasteiger partial charge in [0.2, 0.25) is 0 Å². The van der Waals surface area contributed by atoms with E-state index in [2.05, 4.69) is 6.92 Å². The number of aliphatic hydroxyl groups is 2. The summed E-state index contributed by atoms with van der Waals surface area (Å²) in [6.45, 7) is 1.88. The van der Waals surface area contributed by atoms with Gasteiger partial charge >= 0.3 is 5.97 Å². The molecular weight excluding hydrogens is 332 g/mol. The number of carbonyl (C=O) groups is 1. The average Bonchev–Trinajstić information content (AvgIpc) is 2.62. The molecule has 0 aromatic heterocycles. The first-order valence-electron chi connectivity index (χ1n) is 10.7. The summed E-state index contributed by atoms with van der Waals surface area (Å²) >= 11 is 0. The van der Waals surface area contributed by atoms with E-state index in [-0.39, 0.29) is 25.7 Å². The van der Waals surface area contributed by atoms with E-state index in [4.69, 9.17) is 14.9 Å². The molecule has 0 amide bonds. The van der Waals surface area contributed by atoms with Gasteiger partial charge in [0, 0.05) is 0 Å². The maximum Gasteiger partial charge on any atom is 0.305 e. The van der Waals surface area contributed by atoms with Gasteiger partial charge in [-0.3, -0.25) is 4.79 Å². The van der Waals surface area contributed by atoms with Crippen molar-refractivity contribution in [2.75, 3.05) is 13.2 Å². The third-order valence-electron chi connectivity index (χ3n) is 4.77. The van der Waals surface area contributed by atoms with Gasteiger partial charge < -0.3 is 20.1 Å². The second-order valence-electron chi connectivity index (χ2n) is 7.42. The number of carboxylic acids is 1. The minimum Gasteiger partial charge on any atom is -0.481 e. The second kappa shape index (κ2) is 19.1. The number of aliphatic carboxylic acids is 1. The summed E-state index contributed by atoms with van der Waals surface area (Å²) in [5, 5.41) is 27.0. The average molecular weight is 375 g/mol. The Bertz CT molecular complexity index is 309. The van der Waals surface area contributed by atoms with Crippen molar-refractivity contribution in [3.05, 3.63) is 0 Å². The molecule has 0 radical (unpaired) electrons. The number of hydrogen-bond donors (Lipinski definition) is 3. The number of rotatable bonds is 20. The topological polar surface area (TPSA) is 87.0 Å². The highest BCUT2D eigenvalue weighted by molar-refractivity contribution is 5.67. The first-order valence-corrected chi connectivity index (χ1v) is 10.7. The van der Waals surface area contributed by atoms with Gasteiger partial charge in [-0.05, 0) is 6.42 Å². The van der Waals surface area contributed by atoms with Crippen LogP contribution in [0, 0.1) is 0 Å². The van der Waals surface area contributed by atoms with E-state index in [9.17, 15) is 9.90 Å². The Kier molecular flexibility index (Phi) is 18.6. The van der Waals surface area contributed by atoms with E-state index in [0.717, 1.165) is 12.8 Å². The van der Waals surface area contributed by atoms with Gasteiger partial charge in [-0.1, -0.05) is 90.4 Å². The van der Waals surface area contributed by atoms with Crippen LogP contribution < -0.4 is 0 Å². The maximum atomic E-state index is 10.9.